The van der Waals surface area contributed by atoms with E-state index < -0.39 is 18.0 Å². The van der Waals surface area contributed by atoms with E-state index in [1.807, 2.05) is 13.8 Å². The summed E-state index contributed by atoms with van der Waals surface area (Å²) < 4.78 is 4.37. The average Bonchev–Trinajstić information content (AvgIpc) is 2.31. The van der Waals surface area contributed by atoms with Crippen molar-refractivity contribution < 1.29 is 24.2 Å². The molecule has 7 heteroatoms. The van der Waals surface area contributed by atoms with E-state index >= 15 is 0 Å². The van der Waals surface area contributed by atoms with Crippen LogP contribution in [0.4, 0.5) is 4.79 Å². The van der Waals surface area contributed by atoms with Gasteiger partial charge in [-0.1, -0.05) is 13.8 Å². The highest BCUT2D eigenvalue weighted by atomic mass is 16.5. The summed E-state index contributed by atoms with van der Waals surface area (Å²) in [6, 6.07) is -0.510. The fourth-order valence-electron chi connectivity index (χ4n) is 1.68. The Labute approximate surface area is 112 Å². The van der Waals surface area contributed by atoms with Crippen molar-refractivity contribution in [2.45, 2.75) is 26.7 Å². The lowest BCUT2D eigenvalue weighted by atomic mass is 9.94. The highest BCUT2D eigenvalue weighted by Gasteiger charge is 2.16. The number of carbonyl (C=O) groups is 3. The van der Waals surface area contributed by atoms with Crippen LogP contribution in [0.15, 0.2) is 0 Å². The molecule has 0 bridgehead atoms. The van der Waals surface area contributed by atoms with Crippen molar-refractivity contribution in [2.75, 3.05) is 20.2 Å². The molecule has 0 saturated heterocycles. The van der Waals surface area contributed by atoms with Crippen molar-refractivity contribution in [3.05, 3.63) is 0 Å². The normalized spacial score (nSPS) is 11.8. The van der Waals surface area contributed by atoms with Crippen LogP contribution in [0.25, 0.3) is 0 Å². The molecule has 2 amide bonds. The summed E-state index contributed by atoms with van der Waals surface area (Å²) in [4.78, 5) is 32.9. The molecule has 0 radical (unpaired) electrons. The van der Waals surface area contributed by atoms with Gasteiger partial charge in [-0.25, -0.2) is 4.79 Å². The third kappa shape index (κ3) is 9.87. The van der Waals surface area contributed by atoms with Crippen molar-refractivity contribution in [3.8, 4) is 0 Å². The number of rotatable bonds is 8. The average molecular weight is 274 g/mol. The van der Waals surface area contributed by atoms with Crippen molar-refractivity contribution in [3.63, 3.8) is 0 Å². The minimum Gasteiger partial charge on any atom is -0.481 e. The van der Waals surface area contributed by atoms with Gasteiger partial charge in [0.15, 0.2) is 0 Å². The molecular formula is C12H22N2O5. The predicted molar refractivity (Wildman–Crippen MR) is 68.6 cm³/mol. The number of nitrogens with one attached hydrogen (secondary N) is 2. The second-order valence-electron chi connectivity index (χ2n) is 4.73. The lowest BCUT2D eigenvalue weighted by molar-refractivity contribution is -0.139. The van der Waals surface area contributed by atoms with Gasteiger partial charge >= 0.3 is 18.0 Å². The van der Waals surface area contributed by atoms with E-state index in [2.05, 4.69) is 15.4 Å². The Morgan fingerprint density at radius 1 is 1.21 bits per heavy atom. The Bertz CT molecular complexity index is 317. The van der Waals surface area contributed by atoms with Crippen LogP contribution in [-0.4, -0.2) is 43.3 Å². The minimum atomic E-state index is -0.887. The molecule has 0 aromatic carbocycles. The molecule has 0 aliphatic carbocycles. The molecule has 1 unspecified atom stereocenters. The number of esters is 1. The van der Waals surface area contributed by atoms with Gasteiger partial charge in [0.2, 0.25) is 0 Å². The van der Waals surface area contributed by atoms with Gasteiger partial charge in [0.1, 0.15) is 6.54 Å². The summed E-state index contributed by atoms with van der Waals surface area (Å²) in [6.07, 6.45) is 0.721. The van der Waals surface area contributed by atoms with Gasteiger partial charge in [-0.05, 0) is 18.3 Å². The zero-order chi connectivity index (χ0) is 14.8. The summed E-state index contributed by atoms with van der Waals surface area (Å²) in [5, 5.41) is 13.7. The van der Waals surface area contributed by atoms with Crippen molar-refractivity contribution in [2.24, 2.45) is 11.8 Å². The van der Waals surface area contributed by atoms with Crippen LogP contribution >= 0.6 is 0 Å². The predicted octanol–water partition coefficient (Wildman–Crippen LogP) is 0.596. The quantitative estimate of drug-likeness (QED) is 0.562. The molecule has 0 saturated carbocycles. The lowest BCUT2D eigenvalue weighted by Gasteiger charge is -2.17. The first-order chi connectivity index (χ1) is 8.85. The highest BCUT2D eigenvalue weighted by Crippen LogP contribution is 2.14. The Kier molecular flexibility index (Phi) is 8.32. The number of amides is 2. The van der Waals surface area contributed by atoms with Gasteiger partial charge in [0, 0.05) is 13.0 Å². The number of urea groups is 1. The van der Waals surface area contributed by atoms with E-state index in [0.29, 0.717) is 12.3 Å². The lowest BCUT2D eigenvalue weighted by Crippen LogP contribution is -2.41. The van der Waals surface area contributed by atoms with E-state index in [9.17, 15) is 14.4 Å². The molecule has 3 N–H and O–H groups in total. The van der Waals surface area contributed by atoms with Crippen molar-refractivity contribution >= 4 is 18.0 Å². The molecular weight excluding hydrogens is 252 g/mol. The maximum absolute atomic E-state index is 11.4. The van der Waals surface area contributed by atoms with Crippen LogP contribution in [0.3, 0.4) is 0 Å². The molecule has 0 rings (SSSR count). The monoisotopic (exact) mass is 274 g/mol. The summed E-state index contributed by atoms with van der Waals surface area (Å²) in [7, 11) is 1.23. The Morgan fingerprint density at radius 2 is 1.84 bits per heavy atom. The van der Waals surface area contributed by atoms with Gasteiger partial charge in [-0.2, -0.15) is 0 Å². The number of aliphatic carboxylic acids is 1. The molecule has 110 valence electrons. The van der Waals surface area contributed by atoms with Gasteiger partial charge in [0.05, 0.1) is 7.11 Å². The first kappa shape index (κ1) is 17.2. The number of carboxylic acid groups (broad SMARTS) is 1. The summed E-state index contributed by atoms with van der Waals surface area (Å²) in [5.41, 5.74) is 0. The number of ether oxygens (including phenoxy) is 1. The van der Waals surface area contributed by atoms with Crippen LogP contribution in [0.5, 0.6) is 0 Å². The molecule has 0 heterocycles. The number of carboxylic acids is 1. The zero-order valence-electron chi connectivity index (χ0n) is 11.6. The standard InChI is InChI=1S/C12H22N2O5/c1-8(2)4-9(5-10(15)16)6-13-12(18)14-7-11(17)19-3/h8-9H,4-7H2,1-3H3,(H,15,16)(H2,13,14,18). The molecule has 0 aliphatic rings. The second-order valence-corrected chi connectivity index (χ2v) is 4.73. The summed E-state index contributed by atoms with van der Waals surface area (Å²) >= 11 is 0. The van der Waals surface area contributed by atoms with Gasteiger partial charge in [0.25, 0.3) is 0 Å². The third-order valence-corrected chi connectivity index (χ3v) is 2.44. The molecule has 0 aromatic heterocycles. The highest BCUT2D eigenvalue weighted by molar-refractivity contribution is 5.80. The summed E-state index contributed by atoms with van der Waals surface area (Å²) in [5.74, 6) is -1.20. The number of methoxy groups -OCH3 is 1. The third-order valence-electron chi connectivity index (χ3n) is 2.44. The number of hydrogen-bond donors (Lipinski definition) is 3. The van der Waals surface area contributed by atoms with E-state index in [1.54, 1.807) is 0 Å². The smallest absolute Gasteiger partial charge is 0.325 e. The van der Waals surface area contributed by atoms with E-state index in [0.717, 1.165) is 0 Å². The van der Waals surface area contributed by atoms with Crippen molar-refractivity contribution in [1.82, 2.24) is 10.6 Å². The maximum Gasteiger partial charge on any atom is 0.325 e. The fourth-order valence-corrected chi connectivity index (χ4v) is 1.68. The molecule has 1 atom stereocenters. The first-order valence-electron chi connectivity index (χ1n) is 6.15. The maximum atomic E-state index is 11.4. The van der Waals surface area contributed by atoms with Gasteiger partial charge in [-0.15, -0.1) is 0 Å². The topological polar surface area (TPSA) is 105 Å². The van der Waals surface area contributed by atoms with Crippen LogP contribution in [0.1, 0.15) is 26.7 Å². The largest absolute Gasteiger partial charge is 0.481 e. The molecule has 19 heavy (non-hydrogen) atoms. The zero-order valence-corrected chi connectivity index (χ0v) is 11.6. The van der Waals surface area contributed by atoms with Gasteiger partial charge < -0.3 is 20.5 Å². The number of carbonyl (C=O) groups excluding carboxylic acids is 2. The molecule has 0 spiro atoms. The minimum absolute atomic E-state index is 0.00939. The SMILES string of the molecule is COC(=O)CNC(=O)NCC(CC(=O)O)CC(C)C. The Hall–Kier alpha value is -1.79. The molecule has 7 nitrogen and oxygen atoms in total. The van der Waals surface area contributed by atoms with Crippen LogP contribution in [0.2, 0.25) is 0 Å². The van der Waals surface area contributed by atoms with Crippen molar-refractivity contribution in [1.29, 1.82) is 0 Å². The van der Waals surface area contributed by atoms with E-state index in [1.165, 1.54) is 7.11 Å². The fraction of sp³-hybridized carbons (Fsp3) is 0.750. The Morgan fingerprint density at radius 3 is 2.32 bits per heavy atom. The molecule has 0 fully saturated rings. The van der Waals surface area contributed by atoms with Gasteiger partial charge in [-0.3, -0.25) is 9.59 Å². The molecule has 0 aromatic rings. The van der Waals surface area contributed by atoms with Crippen LogP contribution in [0, 0.1) is 11.8 Å². The summed E-state index contributed by atoms with van der Waals surface area (Å²) in [6.45, 7) is 4.03. The Balaban J connectivity index is 4.04. The van der Waals surface area contributed by atoms with E-state index in [4.69, 9.17) is 5.11 Å². The first-order valence-corrected chi connectivity index (χ1v) is 6.15. The van der Waals surface area contributed by atoms with E-state index in [-0.39, 0.29) is 25.4 Å². The number of hydrogen-bond acceptors (Lipinski definition) is 4. The van der Waals surface area contributed by atoms with Crippen LogP contribution < -0.4 is 10.6 Å². The second kappa shape index (κ2) is 9.18. The van der Waals surface area contributed by atoms with Crippen LogP contribution in [-0.2, 0) is 14.3 Å². The molecule has 0 aliphatic heterocycles.